The summed E-state index contributed by atoms with van der Waals surface area (Å²) in [6, 6.07) is 6.28. The predicted molar refractivity (Wildman–Crippen MR) is 77.3 cm³/mol. The fraction of sp³-hybridized carbons (Fsp3) is 0.400. The fourth-order valence-corrected chi connectivity index (χ4v) is 3.00. The third kappa shape index (κ3) is 1.86. The zero-order chi connectivity index (χ0) is 13.5. The second-order valence-corrected chi connectivity index (χ2v) is 5.41. The van der Waals surface area contributed by atoms with Crippen LogP contribution in [0, 0.1) is 0 Å². The first-order chi connectivity index (χ1) is 9.81. The van der Waals surface area contributed by atoms with E-state index in [1.807, 2.05) is 24.4 Å². The van der Waals surface area contributed by atoms with E-state index in [4.69, 9.17) is 15.2 Å². The first-order valence-electron chi connectivity index (χ1n) is 7.00. The number of piperidine rings is 1. The number of benzene rings is 1. The Kier molecular flexibility index (Phi) is 2.67. The van der Waals surface area contributed by atoms with E-state index in [1.165, 1.54) is 0 Å². The van der Waals surface area contributed by atoms with Crippen LogP contribution in [0.5, 0.6) is 11.5 Å². The predicted octanol–water partition coefficient (Wildman–Crippen LogP) is 1.89. The molecule has 2 N–H and O–H groups in total. The summed E-state index contributed by atoms with van der Waals surface area (Å²) in [6.45, 7) is 2.16. The average molecular weight is 271 g/mol. The molecule has 0 bridgehead atoms. The Morgan fingerprint density at radius 3 is 2.95 bits per heavy atom. The number of rotatable bonds is 1. The standard InChI is InChI=1S/C15H17N3O2/c16-11-2-1-5-18(8-11)15-12-7-14-13(19-9-20-14)6-10(12)3-4-17-15/h3-4,6-7,11H,1-2,5,8-9,16H2. The van der Waals surface area contributed by atoms with Gasteiger partial charge in [-0.25, -0.2) is 4.98 Å². The van der Waals surface area contributed by atoms with Crippen molar-refractivity contribution >= 4 is 16.6 Å². The highest BCUT2D eigenvalue weighted by Gasteiger charge is 2.21. The Bertz CT molecular complexity index is 659. The van der Waals surface area contributed by atoms with Crippen molar-refractivity contribution in [3.8, 4) is 11.5 Å². The number of anilines is 1. The molecule has 5 nitrogen and oxygen atoms in total. The van der Waals surface area contributed by atoms with Gasteiger partial charge < -0.3 is 20.1 Å². The van der Waals surface area contributed by atoms with E-state index in [2.05, 4.69) is 9.88 Å². The molecule has 0 aliphatic carbocycles. The zero-order valence-electron chi connectivity index (χ0n) is 11.2. The smallest absolute Gasteiger partial charge is 0.231 e. The first kappa shape index (κ1) is 11.8. The molecule has 0 spiro atoms. The highest BCUT2D eigenvalue weighted by atomic mass is 16.7. The monoisotopic (exact) mass is 271 g/mol. The van der Waals surface area contributed by atoms with Crippen LogP contribution in [-0.2, 0) is 0 Å². The van der Waals surface area contributed by atoms with E-state index in [0.717, 1.165) is 54.0 Å². The lowest BCUT2D eigenvalue weighted by Gasteiger charge is -2.32. The van der Waals surface area contributed by atoms with E-state index in [0.29, 0.717) is 6.79 Å². The molecule has 0 radical (unpaired) electrons. The van der Waals surface area contributed by atoms with E-state index in [1.54, 1.807) is 0 Å². The van der Waals surface area contributed by atoms with Crippen LogP contribution in [0.2, 0.25) is 0 Å². The van der Waals surface area contributed by atoms with Crippen molar-refractivity contribution < 1.29 is 9.47 Å². The lowest BCUT2D eigenvalue weighted by atomic mass is 10.1. The average Bonchev–Trinajstić information content (AvgIpc) is 2.91. The quantitative estimate of drug-likeness (QED) is 0.858. The highest BCUT2D eigenvalue weighted by molar-refractivity contribution is 5.94. The minimum absolute atomic E-state index is 0.231. The number of aromatic nitrogens is 1. The molecule has 5 heteroatoms. The molecule has 1 unspecified atom stereocenters. The maximum atomic E-state index is 6.08. The van der Waals surface area contributed by atoms with Gasteiger partial charge in [0.25, 0.3) is 0 Å². The number of nitrogens with two attached hydrogens (primary N) is 1. The summed E-state index contributed by atoms with van der Waals surface area (Å²) in [5.41, 5.74) is 6.08. The Hall–Kier alpha value is -2.01. The Morgan fingerprint density at radius 1 is 1.25 bits per heavy atom. The Labute approximate surface area is 117 Å². The molecule has 1 saturated heterocycles. The highest BCUT2D eigenvalue weighted by Crippen LogP contribution is 2.38. The normalized spacial score (nSPS) is 21.4. The summed E-state index contributed by atoms with van der Waals surface area (Å²) in [5, 5.41) is 2.23. The summed E-state index contributed by atoms with van der Waals surface area (Å²) in [7, 11) is 0. The van der Waals surface area contributed by atoms with Crippen LogP contribution in [0.4, 0.5) is 5.82 Å². The maximum absolute atomic E-state index is 6.08. The first-order valence-corrected chi connectivity index (χ1v) is 7.00. The number of fused-ring (bicyclic) bond motifs is 2. The van der Waals surface area contributed by atoms with Crippen LogP contribution in [0.1, 0.15) is 12.8 Å². The van der Waals surface area contributed by atoms with Crippen molar-refractivity contribution in [1.29, 1.82) is 0 Å². The van der Waals surface area contributed by atoms with E-state index in [-0.39, 0.29) is 6.04 Å². The molecule has 1 fully saturated rings. The van der Waals surface area contributed by atoms with Gasteiger partial charge in [0.05, 0.1) is 0 Å². The molecule has 1 atom stereocenters. The van der Waals surface area contributed by atoms with Crippen molar-refractivity contribution in [2.45, 2.75) is 18.9 Å². The zero-order valence-corrected chi connectivity index (χ0v) is 11.2. The Morgan fingerprint density at radius 2 is 2.10 bits per heavy atom. The second-order valence-electron chi connectivity index (χ2n) is 5.41. The van der Waals surface area contributed by atoms with Gasteiger partial charge in [0, 0.05) is 30.7 Å². The van der Waals surface area contributed by atoms with Gasteiger partial charge in [-0.1, -0.05) is 0 Å². The molecule has 1 aromatic heterocycles. The number of pyridine rings is 1. The van der Waals surface area contributed by atoms with E-state index in [9.17, 15) is 0 Å². The van der Waals surface area contributed by atoms with Crippen LogP contribution >= 0.6 is 0 Å². The fourth-order valence-electron chi connectivity index (χ4n) is 3.00. The van der Waals surface area contributed by atoms with Gasteiger partial charge in [0.2, 0.25) is 6.79 Å². The molecule has 2 aliphatic rings. The number of hydrogen-bond acceptors (Lipinski definition) is 5. The molecular formula is C15H17N3O2. The molecule has 1 aromatic carbocycles. The van der Waals surface area contributed by atoms with Gasteiger partial charge in [-0.3, -0.25) is 0 Å². The molecule has 0 saturated carbocycles. The van der Waals surface area contributed by atoms with Gasteiger partial charge in [-0.05, 0) is 36.4 Å². The summed E-state index contributed by atoms with van der Waals surface area (Å²) in [4.78, 5) is 6.84. The minimum Gasteiger partial charge on any atom is -0.454 e. The lowest BCUT2D eigenvalue weighted by Crippen LogP contribution is -2.43. The number of ether oxygens (including phenoxy) is 2. The summed E-state index contributed by atoms with van der Waals surface area (Å²) in [5.74, 6) is 2.61. The van der Waals surface area contributed by atoms with E-state index >= 15 is 0 Å². The molecule has 0 amide bonds. The van der Waals surface area contributed by atoms with Gasteiger partial charge in [0.15, 0.2) is 11.5 Å². The topological polar surface area (TPSA) is 60.6 Å². The Balaban J connectivity index is 1.82. The van der Waals surface area contributed by atoms with Crippen LogP contribution in [-0.4, -0.2) is 30.9 Å². The van der Waals surface area contributed by atoms with Crippen LogP contribution in [0.25, 0.3) is 10.8 Å². The molecular weight excluding hydrogens is 254 g/mol. The summed E-state index contributed by atoms with van der Waals surface area (Å²) < 4.78 is 10.9. The summed E-state index contributed by atoms with van der Waals surface area (Å²) >= 11 is 0. The van der Waals surface area contributed by atoms with Crippen molar-refractivity contribution in [2.75, 3.05) is 24.8 Å². The third-order valence-corrected chi connectivity index (χ3v) is 3.99. The molecule has 20 heavy (non-hydrogen) atoms. The molecule has 2 aliphatic heterocycles. The van der Waals surface area contributed by atoms with Crippen LogP contribution in [0.15, 0.2) is 24.4 Å². The summed E-state index contributed by atoms with van der Waals surface area (Å²) in [6.07, 6.45) is 4.05. The minimum atomic E-state index is 0.231. The van der Waals surface area contributed by atoms with Crippen LogP contribution < -0.4 is 20.1 Å². The van der Waals surface area contributed by atoms with Gasteiger partial charge in [0.1, 0.15) is 5.82 Å². The van der Waals surface area contributed by atoms with Gasteiger partial charge in [-0.15, -0.1) is 0 Å². The molecule has 4 rings (SSSR count). The number of nitrogens with zero attached hydrogens (tertiary/aromatic N) is 2. The largest absolute Gasteiger partial charge is 0.454 e. The third-order valence-electron chi connectivity index (χ3n) is 3.99. The van der Waals surface area contributed by atoms with Crippen molar-refractivity contribution in [3.63, 3.8) is 0 Å². The van der Waals surface area contributed by atoms with Crippen molar-refractivity contribution in [1.82, 2.24) is 4.98 Å². The molecule has 104 valence electrons. The number of hydrogen-bond donors (Lipinski definition) is 1. The lowest BCUT2D eigenvalue weighted by molar-refractivity contribution is 0.174. The van der Waals surface area contributed by atoms with Crippen molar-refractivity contribution in [2.24, 2.45) is 5.73 Å². The van der Waals surface area contributed by atoms with Gasteiger partial charge >= 0.3 is 0 Å². The molecule has 3 heterocycles. The SMILES string of the molecule is NC1CCCN(c2nccc3cc4c(cc23)OCO4)C1. The second kappa shape index (κ2) is 4.52. The van der Waals surface area contributed by atoms with Gasteiger partial charge in [-0.2, -0.15) is 0 Å². The molecule has 2 aromatic rings. The maximum Gasteiger partial charge on any atom is 0.231 e. The van der Waals surface area contributed by atoms with E-state index < -0.39 is 0 Å². The van der Waals surface area contributed by atoms with Crippen molar-refractivity contribution in [3.05, 3.63) is 24.4 Å². The van der Waals surface area contributed by atoms with Crippen LogP contribution in [0.3, 0.4) is 0 Å².